The van der Waals surface area contributed by atoms with E-state index in [1.54, 1.807) is 4.90 Å². The molecule has 0 aliphatic rings. The lowest BCUT2D eigenvalue weighted by atomic mass is 10.0. The van der Waals surface area contributed by atoms with Gasteiger partial charge < -0.3 is 10.2 Å². The maximum atomic E-state index is 13.6. The van der Waals surface area contributed by atoms with Crippen LogP contribution in [0.15, 0.2) is 89.8 Å². The molecule has 3 aromatic carbocycles. The Kier molecular flexibility index (Phi) is 9.77. The van der Waals surface area contributed by atoms with Gasteiger partial charge in [-0.2, -0.15) is 0 Å². The van der Waals surface area contributed by atoms with E-state index < -0.39 is 6.04 Å². The smallest absolute Gasteiger partial charge is 0.243 e. The molecule has 0 radical (unpaired) electrons. The minimum Gasteiger partial charge on any atom is -0.354 e. The highest BCUT2D eigenvalue weighted by atomic mass is 32.2. The number of benzene rings is 3. The predicted octanol–water partition coefficient (Wildman–Crippen LogP) is 5.50. The molecule has 0 saturated heterocycles. The fourth-order valence-electron chi connectivity index (χ4n) is 3.62. The highest BCUT2D eigenvalue weighted by Crippen LogP contribution is 2.21. The molecule has 34 heavy (non-hydrogen) atoms. The van der Waals surface area contributed by atoms with Crippen molar-refractivity contribution >= 4 is 23.6 Å². The second kappa shape index (κ2) is 13.0. The van der Waals surface area contributed by atoms with Crippen LogP contribution in [0.2, 0.25) is 0 Å². The highest BCUT2D eigenvalue weighted by molar-refractivity contribution is 8.00. The van der Waals surface area contributed by atoms with Crippen LogP contribution in [0.3, 0.4) is 0 Å². The number of nitrogens with one attached hydrogen (secondary N) is 1. The summed E-state index contributed by atoms with van der Waals surface area (Å²) in [6.45, 7) is 7.15. The Hall–Kier alpha value is -3.05. The van der Waals surface area contributed by atoms with E-state index in [2.05, 4.69) is 19.2 Å². The first-order valence-electron chi connectivity index (χ1n) is 11.8. The largest absolute Gasteiger partial charge is 0.354 e. The fourth-order valence-corrected chi connectivity index (χ4v) is 4.40. The van der Waals surface area contributed by atoms with E-state index in [4.69, 9.17) is 0 Å². The summed E-state index contributed by atoms with van der Waals surface area (Å²) in [6, 6.07) is 27.4. The van der Waals surface area contributed by atoms with Crippen LogP contribution in [0, 0.1) is 12.8 Å². The Bertz CT molecular complexity index is 1040. The third-order valence-electron chi connectivity index (χ3n) is 5.53. The third kappa shape index (κ3) is 8.07. The Balaban J connectivity index is 1.86. The van der Waals surface area contributed by atoms with Gasteiger partial charge in [0.1, 0.15) is 6.04 Å². The maximum absolute atomic E-state index is 13.6. The van der Waals surface area contributed by atoms with Crippen LogP contribution in [0.25, 0.3) is 0 Å². The predicted molar refractivity (Wildman–Crippen MR) is 141 cm³/mol. The van der Waals surface area contributed by atoms with E-state index in [1.165, 1.54) is 17.3 Å². The number of thioether (sulfide) groups is 1. The molecule has 2 amide bonds. The molecule has 4 nitrogen and oxygen atoms in total. The zero-order valence-electron chi connectivity index (χ0n) is 20.2. The van der Waals surface area contributed by atoms with Crippen molar-refractivity contribution in [3.8, 4) is 0 Å². The second-order valence-corrected chi connectivity index (χ2v) is 10.0. The molecule has 0 bridgehead atoms. The number of carbonyl (C=O) groups excluding carboxylic acids is 2. The van der Waals surface area contributed by atoms with Crippen molar-refractivity contribution in [1.82, 2.24) is 10.2 Å². The van der Waals surface area contributed by atoms with Gasteiger partial charge >= 0.3 is 0 Å². The number of aryl methyl sites for hydroxylation is 1. The zero-order valence-corrected chi connectivity index (χ0v) is 21.1. The molecule has 1 N–H and O–H groups in total. The molecule has 0 unspecified atom stereocenters. The summed E-state index contributed by atoms with van der Waals surface area (Å²) in [5.41, 5.74) is 3.22. The normalized spacial score (nSPS) is 11.8. The molecular weight excluding hydrogens is 440 g/mol. The first kappa shape index (κ1) is 25.6. The molecule has 0 aromatic heterocycles. The van der Waals surface area contributed by atoms with E-state index in [0.29, 0.717) is 25.4 Å². The molecule has 3 aromatic rings. The van der Waals surface area contributed by atoms with Gasteiger partial charge in [-0.25, -0.2) is 0 Å². The second-order valence-electron chi connectivity index (χ2n) is 8.95. The zero-order chi connectivity index (χ0) is 24.3. The first-order valence-corrected chi connectivity index (χ1v) is 12.8. The Morgan fingerprint density at radius 3 is 2.03 bits per heavy atom. The monoisotopic (exact) mass is 474 g/mol. The average Bonchev–Trinajstić information content (AvgIpc) is 2.85. The molecule has 0 fully saturated rings. The minimum atomic E-state index is -0.590. The van der Waals surface area contributed by atoms with Crippen molar-refractivity contribution in [3.63, 3.8) is 0 Å². The molecule has 0 heterocycles. The van der Waals surface area contributed by atoms with Crippen molar-refractivity contribution in [2.75, 3.05) is 12.3 Å². The molecule has 0 aliphatic heterocycles. The molecule has 0 aliphatic carbocycles. The molecule has 0 saturated carbocycles. The molecule has 5 heteroatoms. The van der Waals surface area contributed by atoms with Crippen LogP contribution in [-0.4, -0.2) is 35.1 Å². The summed E-state index contributed by atoms with van der Waals surface area (Å²) in [7, 11) is 0. The van der Waals surface area contributed by atoms with E-state index >= 15 is 0 Å². The molecular formula is C29H34N2O2S. The van der Waals surface area contributed by atoms with Gasteiger partial charge in [-0.3, -0.25) is 9.59 Å². The van der Waals surface area contributed by atoms with Gasteiger partial charge in [0.2, 0.25) is 11.8 Å². The van der Waals surface area contributed by atoms with Gasteiger partial charge in [0.05, 0.1) is 5.75 Å². The quantitative estimate of drug-likeness (QED) is 0.373. The molecule has 178 valence electrons. The average molecular weight is 475 g/mol. The van der Waals surface area contributed by atoms with E-state index in [9.17, 15) is 9.59 Å². The van der Waals surface area contributed by atoms with Gasteiger partial charge in [-0.05, 0) is 36.1 Å². The third-order valence-corrected chi connectivity index (χ3v) is 6.53. The first-order chi connectivity index (χ1) is 16.4. The molecule has 3 rings (SSSR count). The lowest BCUT2D eigenvalue weighted by Crippen LogP contribution is -2.51. The Morgan fingerprint density at radius 1 is 0.853 bits per heavy atom. The van der Waals surface area contributed by atoms with Gasteiger partial charge in [0.25, 0.3) is 0 Å². The van der Waals surface area contributed by atoms with Crippen molar-refractivity contribution in [2.45, 2.75) is 44.7 Å². The number of nitrogens with zero attached hydrogens (tertiary/aromatic N) is 1. The number of amides is 2. The summed E-state index contributed by atoms with van der Waals surface area (Å²) in [4.78, 5) is 29.8. The maximum Gasteiger partial charge on any atom is 0.243 e. The summed E-state index contributed by atoms with van der Waals surface area (Å²) >= 11 is 1.51. The lowest BCUT2D eigenvalue weighted by Gasteiger charge is -2.31. The number of hydrogen-bond donors (Lipinski definition) is 1. The number of rotatable bonds is 11. The summed E-state index contributed by atoms with van der Waals surface area (Å²) < 4.78 is 0. The lowest BCUT2D eigenvalue weighted by molar-refractivity contribution is -0.139. The molecule has 1 atom stereocenters. The van der Waals surface area contributed by atoms with Crippen LogP contribution in [0.5, 0.6) is 0 Å². The van der Waals surface area contributed by atoms with Gasteiger partial charge in [0.15, 0.2) is 0 Å². The van der Waals surface area contributed by atoms with E-state index in [1.807, 2.05) is 91.9 Å². The fraction of sp³-hybridized carbons (Fsp3) is 0.310. The van der Waals surface area contributed by atoms with Crippen LogP contribution < -0.4 is 5.32 Å². The highest BCUT2D eigenvalue weighted by Gasteiger charge is 2.30. The Labute approximate surface area is 207 Å². The van der Waals surface area contributed by atoms with Gasteiger partial charge in [-0.15, -0.1) is 11.8 Å². The van der Waals surface area contributed by atoms with E-state index in [-0.39, 0.29) is 17.6 Å². The SMILES string of the molecule is Cc1ccc(SCC(=O)N(Cc2ccccc2)[C@@H](Cc2ccccc2)C(=O)NCC(C)C)cc1. The van der Waals surface area contributed by atoms with Crippen LogP contribution >= 0.6 is 11.8 Å². The number of hydrogen-bond acceptors (Lipinski definition) is 3. The minimum absolute atomic E-state index is 0.0462. The van der Waals surface area contributed by atoms with Gasteiger partial charge in [-0.1, -0.05) is 92.2 Å². The van der Waals surface area contributed by atoms with Crippen LogP contribution in [-0.2, 0) is 22.6 Å². The topological polar surface area (TPSA) is 49.4 Å². The molecule has 0 spiro atoms. The summed E-state index contributed by atoms with van der Waals surface area (Å²) in [5.74, 6) is 0.451. The Morgan fingerprint density at radius 2 is 1.44 bits per heavy atom. The van der Waals surface area contributed by atoms with Crippen LogP contribution in [0.1, 0.15) is 30.5 Å². The van der Waals surface area contributed by atoms with Crippen LogP contribution in [0.4, 0.5) is 0 Å². The standard InChI is InChI=1S/C29H34N2O2S/c1-22(2)19-30-29(33)27(18-24-10-6-4-7-11-24)31(20-25-12-8-5-9-13-25)28(32)21-34-26-16-14-23(3)15-17-26/h4-17,22,27H,18-21H2,1-3H3,(H,30,33)/t27-/m0/s1. The van der Waals surface area contributed by atoms with Crippen molar-refractivity contribution < 1.29 is 9.59 Å². The van der Waals surface area contributed by atoms with E-state index in [0.717, 1.165) is 16.0 Å². The summed E-state index contributed by atoms with van der Waals surface area (Å²) in [5, 5.41) is 3.06. The van der Waals surface area contributed by atoms with Crippen molar-refractivity contribution in [1.29, 1.82) is 0 Å². The summed E-state index contributed by atoms with van der Waals surface area (Å²) in [6.07, 6.45) is 0.471. The van der Waals surface area contributed by atoms with Crippen molar-refractivity contribution in [2.24, 2.45) is 5.92 Å². The number of carbonyl (C=O) groups is 2. The van der Waals surface area contributed by atoms with Crippen molar-refractivity contribution in [3.05, 3.63) is 102 Å². The van der Waals surface area contributed by atoms with Gasteiger partial charge in [0, 0.05) is 24.4 Å².